The fraction of sp³-hybridized carbons (Fsp3) is 0.185. The number of nitriles is 1. The average Bonchev–Trinajstić information content (AvgIpc) is 3.40. The van der Waals surface area contributed by atoms with Gasteiger partial charge in [0.15, 0.2) is 11.3 Å². The average molecular weight is 739 g/mol. The number of hydrogen-bond acceptors (Lipinski definition) is 7. The van der Waals surface area contributed by atoms with Crippen LogP contribution in [0, 0.1) is 17.4 Å². The first kappa shape index (κ1) is 28.4. The smallest absolute Gasteiger partial charge is 0.476 e. The third-order valence-corrected chi connectivity index (χ3v) is 6.95. The number of carbonyl (C=O) groups is 1. The minimum Gasteiger partial charge on any atom is -0.476 e. The molecule has 1 fully saturated rings. The van der Waals surface area contributed by atoms with Crippen LogP contribution in [-0.4, -0.2) is 38.5 Å². The van der Waals surface area contributed by atoms with Gasteiger partial charge in [-0.3, -0.25) is 9.78 Å². The third-order valence-electron chi connectivity index (χ3n) is 6.53. The van der Waals surface area contributed by atoms with Gasteiger partial charge in [-0.2, -0.15) is 5.26 Å². The van der Waals surface area contributed by atoms with Gasteiger partial charge in [-0.1, -0.05) is 66.5 Å². The predicted molar refractivity (Wildman–Crippen MR) is 145 cm³/mol. The summed E-state index contributed by atoms with van der Waals surface area (Å²) in [5.41, 5.74) is 1.28. The molecular formula is C27H21Cl2N6O3Os. The second kappa shape index (κ2) is 11.6. The number of anilines is 2. The van der Waals surface area contributed by atoms with Gasteiger partial charge in [-0.15, -0.1) is 11.6 Å². The van der Waals surface area contributed by atoms with Gasteiger partial charge in [0, 0.05) is 35.9 Å². The van der Waals surface area contributed by atoms with Crippen LogP contribution in [0.25, 0.3) is 5.65 Å². The molecule has 4 heterocycles. The van der Waals surface area contributed by atoms with Crippen LogP contribution in [0.1, 0.15) is 46.4 Å². The molecule has 9 nitrogen and oxygen atoms in total. The van der Waals surface area contributed by atoms with Crippen molar-refractivity contribution >= 4 is 46.3 Å². The molecule has 4 aromatic rings. The van der Waals surface area contributed by atoms with Crippen molar-refractivity contribution in [3.8, 4) is 6.07 Å². The van der Waals surface area contributed by atoms with E-state index in [2.05, 4.69) is 22.4 Å². The maximum atomic E-state index is 13.4. The molecule has 1 aromatic carbocycles. The summed E-state index contributed by atoms with van der Waals surface area (Å²) in [4.78, 5) is 35.8. The molecule has 12 heteroatoms. The molecule has 0 unspecified atom stereocenters. The molecule has 1 aliphatic heterocycles. The number of carboxylic acid groups (broad SMARTS) is 1. The van der Waals surface area contributed by atoms with E-state index in [0.29, 0.717) is 30.5 Å². The monoisotopic (exact) mass is 739 g/mol. The van der Waals surface area contributed by atoms with E-state index in [1.807, 2.05) is 29.2 Å². The second-order valence-corrected chi connectivity index (χ2v) is 9.74. The molecule has 0 aliphatic carbocycles. The zero-order chi connectivity index (χ0) is 27.0. The van der Waals surface area contributed by atoms with Gasteiger partial charge in [0.1, 0.15) is 17.0 Å². The van der Waals surface area contributed by atoms with Gasteiger partial charge in [-0.05, 0) is 24.1 Å². The SMILES string of the molecule is C[C-](Nc1ccc(Cl)nc1C(=O)O)c1cc(Cl)cn2c(=O)c(C#N)c(N3CC[C@@H](c4ccccc4)C3)nc12.[Os+]. The van der Waals surface area contributed by atoms with Crippen molar-refractivity contribution in [2.75, 3.05) is 23.3 Å². The summed E-state index contributed by atoms with van der Waals surface area (Å²) < 4.78 is 1.24. The molecule has 0 amide bonds. The minimum atomic E-state index is -1.25. The molecule has 1 radical (unpaired) electrons. The number of rotatable bonds is 6. The standard InChI is InChI=1S/C27H21Cl2N6O3.Os/c1-15(31-21-7-8-22(29)32-23(21)27(37)38)19-11-18(28)14-35-25(19)33-24(20(12-30)26(35)36)34-10-9-17(13-34)16-5-3-2-4-6-16;/h2-8,11,14,17,31H,9-10,13H2,1H3,(H,37,38);/q-1;+1/t17-;/m1./s1. The first-order valence-electron chi connectivity index (χ1n) is 11.7. The Labute approximate surface area is 247 Å². The topological polar surface area (TPSA) is 124 Å². The summed E-state index contributed by atoms with van der Waals surface area (Å²) in [6.45, 7) is 2.96. The van der Waals surface area contributed by atoms with Gasteiger partial charge >= 0.3 is 25.8 Å². The minimum absolute atomic E-state index is 0. The first-order valence-corrected chi connectivity index (χ1v) is 12.5. The number of nitrogens with one attached hydrogen (secondary N) is 1. The summed E-state index contributed by atoms with van der Waals surface area (Å²) >= 11 is 12.2. The number of aromatic carboxylic acids is 1. The van der Waals surface area contributed by atoms with E-state index in [1.54, 1.807) is 13.0 Å². The van der Waals surface area contributed by atoms with Gasteiger partial charge in [0.05, 0.1) is 5.69 Å². The Morgan fingerprint density at radius 2 is 1.95 bits per heavy atom. The zero-order valence-electron chi connectivity index (χ0n) is 20.5. The van der Waals surface area contributed by atoms with Gasteiger partial charge < -0.3 is 19.7 Å². The molecule has 39 heavy (non-hydrogen) atoms. The van der Waals surface area contributed by atoms with Crippen LogP contribution >= 0.6 is 23.2 Å². The van der Waals surface area contributed by atoms with Crippen LogP contribution in [0.5, 0.6) is 0 Å². The van der Waals surface area contributed by atoms with Gasteiger partial charge in [0.2, 0.25) is 0 Å². The molecular weight excluding hydrogens is 717 g/mol. The Balaban J connectivity index is 0.00000353. The van der Waals surface area contributed by atoms with Crippen LogP contribution in [0.15, 0.2) is 59.5 Å². The molecule has 0 bridgehead atoms. The fourth-order valence-corrected chi connectivity index (χ4v) is 5.07. The number of halogens is 2. The predicted octanol–water partition coefficient (Wildman–Crippen LogP) is 4.97. The van der Waals surface area contributed by atoms with E-state index < -0.39 is 11.5 Å². The Morgan fingerprint density at radius 1 is 1.21 bits per heavy atom. The van der Waals surface area contributed by atoms with E-state index in [0.717, 1.165) is 6.42 Å². The quantitative estimate of drug-likeness (QED) is 0.210. The second-order valence-electron chi connectivity index (χ2n) is 8.92. The van der Waals surface area contributed by atoms with Crippen molar-refractivity contribution < 1.29 is 29.7 Å². The molecule has 2 N–H and O–H groups in total. The molecule has 1 atom stereocenters. The summed E-state index contributed by atoms with van der Waals surface area (Å²) in [5.74, 6) is -0.697. The summed E-state index contributed by atoms with van der Waals surface area (Å²) in [6.07, 6.45) is 2.27. The molecule has 1 saturated heterocycles. The number of nitrogens with zero attached hydrogens (tertiary/aromatic N) is 5. The van der Waals surface area contributed by atoms with Crippen molar-refractivity contribution in [1.29, 1.82) is 5.26 Å². The Kier molecular flexibility index (Phi) is 8.47. The van der Waals surface area contributed by atoms with E-state index in [4.69, 9.17) is 28.2 Å². The molecule has 0 saturated carbocycles. The van der Waals surface area contributed by atoms with Crippen LogP contribution in [0.2, 0.25) is 10.2 Å². The van der Waals surface area contributed by atoms with Crippen molar-refractivity contribution in [2.24, 2.45) is 0 Å². The molecule has 199 valence electrons. The number of benzene rings is 1. The molecule has 5 rings (SSSR count). The molecule has 3 aromatic heterocycles. The number of aromatic nitrogens is 3. The van der Waals surface area contributed by atoms with Crippen LogP contribution in [-0.2, 0) is 19.8 Å². The number of carboxylic acids is 1. The first-order chi connectivity index (χ1) is 18.3. The van der Waals surface area contributed by atoms with Crippen LogP contribution < -0.4 is 15.8 Å². The summed E-state index contributed by atoms with van der Waals surface area (Å²) in [6, 6.07) is 17.2. The van der Waals surface area contributed by atoms with Crippen molar-refractivity contribution in [3.05, 3.63) is 104 Å². The number of fused-ring (bicyclic) bond motifs is 1. The van der Waals surface area contributed by atoms with Crippen LogP contribution in [0.4, 0.5) is 11.5 Å². The van der Waals surface area contributed by atoms with Crippen molar-refractivity contribution in [2.45, 2.75) is 19.3 Å². The van der Waals surface area contributed by atoms with E-state index in [9.17, 15) is 20.0 Å². The third kappa shape index (κ3) is 5.58. The number of hydrogen-bond donors (Lipinski definition) is 2. The maximum Gasteiger partial charge on any atom is 1.00 e. The van der Waals surface area contributed by atoms with Gasteiger partial charge in [-0.25, -0.2) is 9.78 Å². The van der Waals surface area contributed by atoms with E-state index in [-0.39, 0.29) is 58.5 Å². The normalized spacial score (nSPS) is 14.5. The summed E-state index contributed by atoms with van der Waals surface area (Å²) in [5, 5.41) is 22.8. The molecule has 1 aliphatic rings. The Bertz CT molecular complexity index is 1660. The van der Waals surface area contributed by atoms with Crippen molar-refractivity contribution in [1.82, 2.24) is 14.4 Å². The zero-order valence-corrected chi connectivity index (χ0v) is 24.6. The van der Waals surface area contributed by atoms with E-state index >= 15 is 0 Å². The fourth-order valence-electron chi connectivity index (χ4n) is 4.72. The van der Waals surface area contributed by atoms with Crippen LogP contribution in [0.3, 0.4) is 0 Å². The van der Waals surface area contributed by atoms with Gasteiger partial charge in [0.25, 0.3) is 5.56 Å². The van der Waals surface area contributed by atoms with E-state index in [1.165, 1.54) is 28.3 Å². The maximum absolute atomic E-state index is 13.4. The Hall–Kier alpha value is -3.62. The largest absolute Gasteiger partial charge is 1.00 e. The van der Waals surface area contributed by atoms with Crippen molar-refractivity contribution in [3.63, 3.8) is 0 Å². The molecule has 0 spiro atoms. The number of pyridine rings is 2. The summed E-state index contributed by atoms with van der Waals surface area (Å²) in [7, 11) is 0. The Morgan fingerprint density at radius 3 is 2.64 bits per heavy atom.